The molecular formula is C14H20. The topological polar surface area (TPSA) is 0 Å². The van der Waals surface area contributed by atoms with Crippen molar-refractivity contribution in [2.24, 2.45) is 0 Å². The number of aryl methyl sites for hydroxylation is 2. The van der Waals surface area contributed by atoms with Crippen molar-refractivity contribution < 1.29 is 0 Å². The molecule has 0 fully saturated rings. The van der Waals surface area contributed by atoms with Gasteiger partial charge in [0.25, 0.3) is 0 Å². The van der Waals surface area contributed by atoms with Gasteiger partial charge in [0.05, 0.1) is 0 Å². The van der Waals surface area contributed by atoms with Gasteiger partial charge in [-0.05, 0) is 24.6 Å². The minimum absolute atomic E-state index is 0. The molecule has 14 heavy (non-hydrogen) atoms. The summed E-state index contributed by atoms with van der Waals surface area (Å²) in [6.45, 7) is 4.25. The number of hydrogen-bond acceptors (Lipinski definition) is 0. The number of hydrogen-bond donors (Lipinski definition) is 0. The molecule has 0 heteroatoms. The van der Waals surface area contributed by atoms with E-state index in [0.717, 1.165) is 0 Å². The van der Waals surface area contributed by atoms with Crippen LogP contribution in [0.25, 0.3) is 10.8 Å². The average molecular weight is 188 g/mol. The highest BCUT2D eigenvalue weighted by Gasteiger charge is 1.92. The van der Waals surface area contributed by atoms with Crippen molar-refractivity contribution in [1.29, 1.82) is 0 Å². The van der Waals surface area contributed by atoms with E-state index < -0.39 is 0 Å². The first kappa shape index (κ1) is 12.7. The highest BCUT2D eigenvalue weighted by molar-refractivity contribution is 5.83. The third-order valence-electron chi connectivity index (χ3n) is 2.15. The molecule has 0 amide bonds. The molecule has 0 saturated heterocycles. The molecule has 0 bridgehead atoms. The zero-order valence-electron chi connectivity index (χ0n) is 7.46. The Bertz CT molecular complexity index is 372. The van der Waals surface area contributed by atoms with Crippen LogP contribution in [0.5, 0.6) is 0 Å². The summed E-state index contributed by atoms with van der Waals surface area (Å²) >= 11 is 0. The molecule has 0 aromatic heterocycles. The van der Waals surface area contributed by atoms with Crippen molar-refractivity contribution in [3.8, 4) is 0 Å². The second-order valence-corrected chi connectivity index (χ2v) is 3.35. The second-order valence-electron chi connectivity index (χ2n) is 3.35. The van der Waals surface area contributed by atoms with E-state index in [0.29, 0.717) is 0 Å². The van der Waals surface area contributed by atoms with Crippen molar-refractivity contribution in [1.82, 2.24) is 0 Å². The quantitative estimate of drug-likeness (QED) is 0.560. The van der Waals surface area contributed by atoms with Gasteiger partial charge >= 0.3 is 0 Å². The molecule has 0 unspecified atom stereocenters. The Morgan fingerprint density at radius 1 is 0.643 bits per heavy atom. The van der Waals surface area contributed by atoms with Crippen molar-refractivity contribution in [3.05, 3.63) is 47.5 Å². The third kappa shape index (κ3) is 2.35. The minimum Gasteiger partial charge on any atom is -0.0776 e. The van der Waals surface area contributed by atoms with Crippen LogP contribution in [0.1, 0.15) is 26.0 Å². The van der Waals surface area contributed by atoms with Crippen LogP contribution in [0.15, 0.2) is 36.4 Å². The fourth-order valence-electron chi connectivity index (χ4n) is 1.48. The smallest absolute Gasteiger partial charge is 0.0181 e. The van der Waals surface area contributed by atoms with E-state index >= 15 is 0 Å². The third-order valence-corrected chi connectivity index (χ3v) is 2.15. The van der Waals surface area contributed by atoms with E-state index in [1.807, 2.05) is 0 Å². The van der Waals surface area contributed by atoms with Gasteiger partial charge in [-0.15, -0.1) is 0 Å². The molecule has 0 N–H and O–H groups in total. The minimum atomic E-state index is 0. The molecule has 0 aliphatic rings. The lowest BCUT2D eigenvalue weighted by atomic mass is 10.1. The van der Waals surface area contributed by atoms with Crippen LogP contribution in [0.3, 0.4) is 0 Å². The molecule has 0 radical (unpaired) electrons. The molecule has 2 rings (SSSR count). The van der Waals surface area contributed by atoms with Crippen LogP contribution in [-0.2, 0) is 0 Å². The fourth-order valence-corrected chi connectivity index (χ4v) is 1.48. The van der Waals surface area contributed by atoms with Gasteiger partial charge in [-0.3, -0.25) is 0 Å². The Labute approximate surface area is 87.6 Å². The Kier molecular flexibility index (Phi) is 4.36. The molecule has 0 atom stereocenters. The highest BCUT2D eigenvalue weighted by Crippen LogP contribution is 2.16. The lowest BCUT2D eigenvalue weighted by molar-refractivity contribution is 1.47. The van der Waals surface area contributed by atoms with Crippen molar-refractivity contribution >= 4 is 10.8 Å². The molecule has 0 aliphatic heterocycles. The highest BCUT2D eigenvalue weighted by atomic mass is 14.0. The summed E-state index contributed by atoms with van der Waals surface area (Å²) in [6, 6.07) is 13.1. The lowest BCUT2D eigenvalue weighted by Crippen LogP contribution is -1.76. The molecule has 0 heterocycles. The average Bonchev–Trinajstić information content (AvgIpc) is 2.05. The van der Waals surface area contributed by atoms with Crippen LogP contribution in [0.2, 0.25) is 0 Å². The maximum absolute atomic E-state index is 2.22. The first-order valence-electron chi connectivity index (χ1n) is 4.23. The van der Waals surface area contributed by atoms with Crippen molar-refractivity contribution in [3.63, 3.8) is 0 Å². The Morgan fingerprint density at radius 3 is 1.36 bits per heavy atom. The van der Waals surface area contributed by atoms with Gasteiger partial charge in [-0.1, -0.05) is 62.4 Å². The van der Waals surface area contributed by atoms with E-state index in [1.54, 1.807) is 0 Å². The number of fused-ring (bicyclic) bond motifs is 1. The van der Waals surface area contributed by atoms with Crippen LogP contribution in [0.4, 0.5) is 0 Å². The van der Waals surface area contributed by atoms with Gasteiger partial charge < -0.3 is 0 Å². The molecule has 2 aromatic carbocycles. The SMILES string of the molecule is C.C.Cc1ccc2cc(C)ccc2c1. The summed E-state index contributed by atoms with van der Waals surface area (Å²) in [7, 11) is 0. The fraction of sp³-hybridized carbons (Fsp3) is 0.286. The summed E-state index contributed by atoms with van der Waals surface area (Å²) in [5.74, 6) is 0. The Hall–Kier alpha value is -1.30. The molecular weight excluding hydrogens is 168 g/mol. The monoisotopic (exact) mass is 188 g/mol. The molecule has 2 aromatic rings. The largest absolute Gasteiger partial charge is 0.0776 e. The molecule has 0 spiro atoms. The zero-order valence-corrected chi connectivity index (χ0v) is 7.46. The van der Waals surface area contributed by atoms with Gasteiger partial charge in [0, 0.05) is 0 Å². The molecule has 0 aliphatic carbocycles. The van der Waals surface area contributed by atoms with Gasteiger partial charge in [0.2, 0.25) is 0 Å². The van der Waals surface area contributed by atoms with E-state index in [1.165, 1.54) is 21.9 Å². The summed E-state index contributed by atoms with van der Waals surface area (Å²) < 4.78 is 0. The summed E-state index contributed by atoms with van der Waals surface area (Å²) in [5, 5.41) is 2.67. The van der Waals surface area contributed by atoms with Gasteiger partial charge in [0.1, 0.15) is 0 Å². The van der Waals surface area contributed by atoms with E-state index in [2.05, 4.69) is 50.2 Å². The Balaban J connectivity index is 0.000000845. The normalized spacial score (nSPS) is 9.00. The van der Waals surface area contributed by atoms with E-state index in [9.17, 15) is 0 Å². The maximum atomic E-state index is 2.22. The predicted octanol–water partition coefficient (Wildman–Crippen LogP) is 4.73. The summed E-state index contributed by atoms with van der Waals surface area (Å²) in [5.41, 5.74) is 2.65. The van der Waals surface area contributed by atoms with Crippen LogP contribution >= 0.6 is 0 Å². The first-order valence-corrected chi connectivity index (χ1v) is 4.23. The molecule has 76 valence electrons. The predicted molar refractivity (Wildman–Crippen MR) is 66.9 cm³/mol. The lowest BCUT2D eigenvalue weighted by Gasteiger charge is -1.99. The van der Waals surface area contributed by atoms with E-state index in [4.69, 9.17) is 0 Å². The number of rotatable bonds is 0. The summed E-state index contributed by atoms with van der Waals surface area (Å²) in [4.78, 5) is 0. The summed E-state index contributed by atoms with van der Waals surface area (Å²) in [6.07, 6.45) is 0. The molecule has 0 nitrogen and oxygen atoms in total. The zero-order chi connectivity index (χ0) is 8.55. The van der Waals surface area contributed by atoms with Gasteiger partial charge in [-0.25, -0.2) is 0 Å². The second kappa shape index (κ2) is 4.80. The van der Waals surface area contributed by atoms with Crippen LogP contribution < -0.4 is 0 Å². The van der Waals surface area contributed by atoms with Crippen molar-refractivity contribution in [2.75, 3.05) is 0 Å². The van der Waals surface area contributed by atoms with E-state index in [-0.39, 0.29) is 14.9 Å². The van der Waals surface area contributed by atoms with Crippen LogP contribution in [-0.4, -0.2) is 0 Å². The van der Waals surface area contributed by atoms with Gasteiger partial charge in [-0.2, -0.15) is 0 Å². The van der Waals surface area contributed by atoms with Crippen molar-refractivity contribution in [2.45, 2.75) is 28.7 Å². The standard InChI is InChI=1S/C12H12.2CH4/c1-9-3-5-12-8-10(2)4-6-11(12)7-9;;/h3-8H,1-2H3;2*1H4. The number of benzene rings is 2. The van der Waals surface area contributed by atoms with Crippen LogP contribution in [0, 0.1) is 13.8 Å². The Morgan fingerprint density at radius 2 is 1.00 bits per heavy atom. The first-order chi connectivity index (χ1) is 5.75. The maximum Gasteiger partial charge on any atom is -0.0181 e. The molecule has 0 saturated carbocycles. The van der Waals surface area contributed by atoms with Gasteiger partial charge in [0.15, 0.2) is 0 Å².